The molecule has 7 heteroatoms. The molecule has 3 aromatic heterocycles. The van der Waals surface area contributed by atoms with Crippen molar-refractivity contribution in [1.29, 1.82) is 0 Å². The molecule has 0 amide bonds. The minimum Gasteiger partial charge on any atom is -0.476 e. The zero-order valence-electron chi connectivity index (χ0n) is 9.36. The van der Waals surface area contributed by atoms with E-state index in [2.05, 4.69) is 15.2 Å². The second-order valence-electron chi connectivity index (χ2n) is 3.78. The summed E-state index contributed by atoms with van der Waals surface area (Å²) >= 11 is 0. The second-order valence-corrected chi connectivity index (χ2v) is 3.78. The molecule has 0 unspecified atom stereocenters. The highest BCUT2D eigenvalue weighted by Crippen LogP contribution is 2.19. The van der Waals surface area contributed by atoms with E-state index in [1.807, 2.05) is 6.92 Å². The van der Waals surface area contributed by atoms with Gasteiger partial charge in [0.15, 0.2) is 11.3 Å². The van der Waals surface area contributed by atoms with Crippen molar-refractivity contribution in [3.63, 3.8) is 0 Å². The lowest BCUT2D eigenvalue weighted by atomic mass is 10.2. The van der Waals surface area contributed by atoms with Crippen LogP contribution in [0.25, 0.3) is 17.0 Å². The Balaban J connectivity index is 2.31. The number of hydrogen-bond acceptors (Lipinski definition) is 5. The number of fused-ring (bicyclic) bond motifs is 1. The summed E-state index contributed by atoms with van der Waals surface area (Å²) in [6, 6.07) is 3.44. The van der Waals surface area contributed by atoms with Crippen molar-refractivity contribution in [2.45, 2.75) is 6.92 Å². The minimum atomic E-state index is -1.08. The van der Waals surface area contributed by atoms with Crippen molar-refractivity contribution in [2.24, 2.45) is 0 Å². The number of imidazole rings is 1. The first-order chi connectivity index (χ1) is 8.66. The Morgan fingerprint density at radius 2 is 2.28 bits per heavy atom. The van der Waals surface area contributed by atoms with Gasteiger partial charge in [-0.05, 0) is 18.6 Å². The Labute approximate surface area is 101 Å². The maximum Gasteiger partial charge on any atom is 0.356 e. The van der Waals surface area contributed by atoms with E-state index in [4.69, 9.17) is 9.63 Å². The maximum absolute atomic E-state index is 11.1. The van der Waals surface area contributed by atoms with Crippen LogP contribution in [0.3, 0.4) is 0 Å². The Morgan fingerprint density at radius 1 is 1.44 bits per heavy atom. The third-order valence-electron chi connectivity index (χ3n) is 2.57. The van der Waals surface area contributed by atoms with Crippen molar-refractivity contribution < 1.29 is 14.4 Å². The Hall–Kier alpha value is -2.70. The van der Waals surface area contributed by atoms with Crippen LogP contribution >= 0.6 is 0 Å². The van der Waals surface area contributed by atoms with Gasteiger partial charge in [0.2, 0.25) is 0 Å². The first-order valence-corrected chi connectivity index (χ1v) is 5.16. The molecule has 3 aromatic rings. The van der Waals surface area contributed by atoms with Gasteiger partial charge in [0, 0.05) is 6.07 Å². The van der Waals surface area contributed by atoms with Crippen LogP contribution in [0.4, 0.5) is 0 Å². The van der Waals surface area contributed by atoms with E-state index in [-0.39, 0.29) is 5.69 Å². The molecule has 3 heterocycles. The van der Waals surface area contributed by atoms with Crippen LogP contribution in [0.5, 0.6) is 0 Å². The van der Waals surface area contributed by atoms with Gasteiger partial charge in [-0.2, -0.15) is 5.10 Å². The van der Waals surface area contributed by atoms with Gasteiger partial charge in [-0.3, -0.25) is 0 Å². The second kappa shape index (κ2) is 3.66. The number of carboxylic acid groups (broad SMARTS) is 1. The molecule has 0 fully saturated rings. The predicted molar refractivity (Wildman–Crippen MR) is 60.2 cm³/mol. The van der Waals surface area contributed by atoms with Gasteiger partial charge in [0.25, 0.3) is 0 Å². The largest absolute Gasteiger partial charge is 0.476 e. The molecule has 1 N–H and O–H groups in total. The van der Waals surface area contributed by atoms with Crippen LogP contribution in [0.2, 0.25) is 0 Å². The molecule has 0 spiro atoms. The number of rotatable bonds is 2. The number of hydrogen-bond donors (Lipinski definition) is 1. The number of nitrogens with zero attached hydrogens (tertiary/aromatic N) is 4. The van der Waals surface area contributed by atoms with E-state index in [1.54, 1.807) is 12.1 Å². The summed E-state index contributed by atoms with van der Waals surface area (Å²) in [7, 11) is 0. The van der Waals surface area contributed by atoms with Gasteiger partial charge in [-0.25, -0.2) is 14.3 Å². The van der Waals surface area contributed by atoms with Gasteiger partial charge < -0.3 is 9.63 Å². The van der Waals surface area contributed by atoms with E-state index in [0.717, 1.165) is 5.56 Å². The summed E-state index contributed by atoms with van der Waals surface area (Å²) in [5.74, 6) is -1.08. The lowest BCUT2D eigenvalue weighted by Gasteiger charge is -2.02. The number of aromatic carboxylic acids is 1. The topological polar surface area (TPSA) is 93.5 Å². The Morgan fingerprint density at radius 3 is 2.94 bits per heavy atom. The first kappa shape index (κ1) is 10.5. The summed E-state index contributed by atoms with van der Waals surface area (Å²) in [5, 5.41) is 17.0. The lowest BCUT2D eigenvalue weighted by molar-refractivity contribution is 0.0688. The average Bonchev–Trinajstić information content (AvgIpc) is 2.97. The Kier molecular flexibility index (Phi) is 2.12. The van der Waals surface area contributed by atoms with Crippen molar-refractivity contribution in [3.8, 4) is 11.4 Å². The summed E-state index contributed by atoms with van der Waals surface area (Å²) < 4.78 is 6.04. The molecule has 0 radical (unpaired) electrons. The SMILES string of the molecule is Cc1cc(-c2ccon2)nn2c(C(=O)O)cnc12. The number of carboxylic acids is 1. The molecule has 3 rings (SSSR count). The smallest absolute Gasteiger partial charge is 0.356 e. The highest BCUT2D eigenvalue weighted by Gasteiger charge is 2.15. The predicted octanol–water partition coefficient (Wildman–Crippen LogP) is 1.39. The van der Waals surface area contributed by atoms with Crippen molar-refractivity contribution >= 4 is 11.6 Å². The summed E-state index contributed by atoms with van der Waals surface area (Å²) in [5.41, 5.74) is 2.42. The van der Waals surface area contributed by atoms with E-state index in [0.29, 0.717) is 17.0 Å². The van der Waals surface area contributed by atoms with E-state index in [1.165, 1.54) is 17.0 Å². The van der Waals surface area contributed by atoms with Crippen LogP contribution in [0, 0.1) is 6.92 Å². The minimum absolute atomic E-state index is 0.0124. The fourth-order valence-electron chi connectivity index (χ4n) is 1.74. The van der Waals surface area contributed by atoms with Gasteiger partial charge >= 0.3 is 5.97 Å². The third-order valence-corrected chi connectivity index (χ3v) is 2.57. The quantitative estimate of drug-likeness (QED) is 0.732. The normalized spacial score (nSPS) is 10.9. The van der Waals surface area contributed by atoms with E-state index < -0.39 is 5.97 Å². The monoisotopic (exact) mass is 244 g/mol. The fraction of sp³-hybridized carbons (Fsp3) is 0.0909. The third kappa shape index (κ3) is 1.45. The molecule has 0 aliphatic rings. The first-order valence-electron chi connectivity index (χ1n) is 5.16. The van der Waals surface area contributed by atoms with Gasteiger partial charge in [-0.15, -0.1) is 0 Å². The molecular formula is C11H8N4O3. The van der Waals surface area contributed by atoms with E-state index in [9.17, 15) is 4.79 Å². The zero-order chi connectivity index (χ0) is 12.7. The highest BCUT2D eigenvalue weighted by molar-refractivity contribution is 5.86. The molecule has 0 bridgehead atoms. The summed E-state index contributed by atoms with van der Waals surface area (Å²) in [4.78, 5) is 15.1. The van der Waals surface area contributed by atoms with Crippen molar-refractivity contribution in [1.82, 2.24) is 19.8 Å². The maximum atomic E-state index is 11.1. The van der Waals surface area contributed by atoms with Crippen LogP contribution < -0.4 is 0 Å². The zero-order valence-corrected chi connectivity index (χ0v) is 9.36. The van der Waals surface area contributed by atoms with Crippen molar-refractivity contribution in [2.75, 3.05) is 0 Å². The van der Waals surface area contributed by atoms with Crippen LogP contribution in [-0.2, 0) is 0 Å². The van der Waals surface area contributed by atoms with Crippen molar-refractivity contribution in [3.05, 3.63) is 35.9 Å². The number of aryl methyl sites for hydroxylation is 1. The number of carbonyl (C=O) groups is 1. The lowest BCUT2D eigenvalue weighted by Crippen LogP contribution is -2.06. The standard InChI is InChI=1S/C11H8N4O3/c1-6-4-8(7-2-3-18-14-7)13-15-9(11(16)17)5-12-10(6)15/h2-5H,1H3,(H,16,17). The van der Waals surface area contributed by atoms with Gasteiger partial charge in [0.05, 0.1) is 6.20 Å². The van der Waals surface area contributed by atoms with E-state index >= 15 is 0 Å². The van der Waals surface area contributed by atoms with Crippen LogP contribution in [0.1, 0.15) is 16.1 Å². The van der Waals surface area contributed by atoms with Crippen LogP contribution in [-0.4, -0.2) is 30.8 Å². The fourth-order valence-corrected chi connectivity index (χ4v) is 1.74. The molecule has 0 aliphatic heterocycles. The van der Waals surface area contributed by atoms with Gasteiger partial charge in [0.1, 0.15) is 17.7 Å². The molecule has 90 valence electrons. The molecule has 7 nitrogen and oxygen atoms in total. The molecule has 0 atom stereocenters. The molecule has 0 aliphatic carbocycles. The summed E-state index contributed by atoms with van der Waals surface area (Å²) in [6.45, 7) is 1.83. The number of aromatic nitrogens is 4. The molecule has 18 heavy (non-hydrogen) atoms. The molecule has 0 saturated carbocycles. The molecule has 0 aromatic carbocycles. The van der Waals surface area contributed by atoms with Gasteiger partial charge in [-0.1, -0.05) is 5.16 Å². The summed E-state index contributed by atoms with van der Waals surface area (Å²) in [6.07, 6.45) is 2.72. The Bertz CT molecular complexity index is 730. The molecular weight excluding hydrogens is 236 g/mol. The average molecular weight is 244 g/mol. The van der Waals surface area contributed by atoms with Crippen LogP contribution in [0.15, 0.2) is 29.1 Å². The highest BCUT2D eigenvalue weighted by atomic mass is 16.5. The molecule has 0 saturated heterocycles.